The summed E-state index contributed by atoms with van der Waals surface area (Å²) in [6.07, 6.45) is -1.39. The molecule has 0 aliphatic carbocycles. The Balaban J connectivity index is 1.49. The first-order chi connectivity index (χ1) is 16.0. The van der Waals surface area contributed by atoms with Gasteiger partial charge in [0.15, 0.2) is 5.78 Å². The minimum absolute atomic E-state index is 0.0518. The molecule has 0 N–H and O–H groups in total. The van der Waals surface area contributed by atoms with Crippen LogP contribution in [0.3, 0.4) is 0 Å². The van der Waals surface area contributed by atoms with Gasteiger partial charge in [0.05, 0.1) is 30.8 Å². The number of hydrogen-bond acceptors (Lipinski definition) is 6. The van der Waals surface area contributed by atoms with Gasteiger partial charge in [-0.25, -0.2) is 8.42 Å². The summed E-state index contributed by atoms with van der Waals surface area (Å²) in [5.74, 6) is -0.517. The smallest absolute Gasteiger partial charge is 0.221 e. The van der Waals surface area contributed by atoms with E-state index in [1.807, 2.05) is 60.7 Å². The lowest BCUT2D eigenvalue weighted by atomic mass is 10.0. The Morgan fingerprint density at radius 1 is 0.788 bits per heavy atom. The Hall–Kier alpha value is -2.84. The quantitative estimate of drug-likeness (QED) is 0.475. The van der Waals surface area contributed by atoms with E-state index in [1.165, 1.54) is 12.1 Å². The molecular formula is C26H26O6S. The van der Waals surface area contributed by atoms with Crippen molar-refractivity contribution in [1.29, 1.82) is 0 Å². The number of ketones is 1. The number of sulfone groups is 1. The Morgan fingerprint density at radius 2 is 1.33 bits per heavy atom. The molecule has 1 aliphatic rings. The topological polar surface area (TPSA) is 78.9 Å². The molecule has 4 rings (SSSR count). The van der Waals surface area contributed by atoms with Crippen LogP contribution in [0.2, 0.25) is 0 Å². The van der Waals surface area contributed by atoms with Crippen molar-refractivity contribution in [3.8, 4) is 0 Å². The van der Waals surface area contributed by atoms with Crippen molar-refractivity contribution in [2.45, 2.75) is 42.2 Å². The number of carbonyl (C=O) groups is 1. The second kappa shape index (κ2) is 10.9. The van der Waals surface area contributed by atoms with Crippen LogP contribution in [-0.2, 0) is 42.1 Å². The van der Waals surface area contributed by atoms with E-state index in [0.717, 1.165) is 11.1 Å². The van der Waals surface area contributed by atoms with Gasteiger partial charge < -0.3 is 14.2 Å². The highest BCUT2D eigenvalue weighted by molar-refractivity contribution is 7.92. The summed E-state index contributed by atoms with van der Waals surface area (Å²) in [6.45, 7) is 0.728. The molecule has 0 spiro atoms. The summed E-state index contributed by atoms with van der Waals surface area (Å²) >= 11 is 0. The summed E-state index contributed by atoms with van der Waals surface area (Å²) in [4.78, 5) is 12.9. The molecule has 7 heteroatoms. The van der Waals surface area contributed by atoms with Gasteiger partial charge in [-0.3, -0.25) is 4.79 Å². The van der Waals surface area contributed by atoms with E-state index in [4.69, 9.17) is 14.2 Å². The highest BCUT2D eigenvalue weighted by atomic mass is 32.2. The zero-order valence-electron chi connectivity index (χ0n) is 18.1. The lowest BCUT2D eigenvalue weighted by Gasteiger charge is -2.35. The predicted molar refractivity (Wildman–Crippen MR) is 123 cm³/mol. The predicted octanol–water partition coefficient (Wildman–Crippen LogP) is 3.95. The summed E-state index contributed by atoms with van der Waals surface area (Å²) in [6, 6.07) is 27.1. The normalized spacial score (nSPS) is 21.1. The molecule has 6 nitrogen and oxygen atoms in total. The SMILES string of the molecule is O=C1C[C@H](OCc2ccccc2)[C@@H](COCc2ccccc2)OC1S(=O)(=O)c1ccccc1. The molecule has 0 saturated carbocycles. The molecule has 33 heavy (non-hydrogen) atoms. The first-order valence-electron chi connectivity index (χ1n) is 10.8. The van der Waals surface area contributed by atoms with E-state index < -0.39 is 33.3 Å². The highest BCUT2D eigenvalue weighted by Gasteiger charge is 2.45. The van der Waals surface area contributed by atoms with Gasteiger partial charge in [-0.15, -0.1) is 0 Å². The van der Waals surface area contributed by atoms with Crippen molar-refractivity contribution in [3.05, 3.63) is 102 Å². The first-order valence-corrected chi connectivity index (χ1v) is 12.3. The molecule has 1 fully saturated rings. The largest absolute Gasteiger partial charge is 0.374 e. The van der Waals surface area contributed by atoms with E-state index in [0.29, 0.717) is 6.61 Å². The first kappa shape index (κ1) is 23.3. The van der Waals surface area contributed by atoms with Crippen LogP contribution in [0.5, 0.6) is 0 Å². The average molecular weight is 467 g/mol. The van der Waals surface area contributed by atoms with Gasteiger partial charge in [-0.1, -0.05) is 78.9 Å². The van der Waals surface area contributed by atoms with E-state index in [1.54, 1.807) is 18.2 Å². The van der Waals surface area contributed by atoms with E-state index in [9.17, 15) is 13.2 Å². The van der Waals surface area contributed by atoms with Crippen LogP contribution >= 0.6 is 0 Å². The Morgan fingerprint density at radius 3 is 1.94 bits per heavy atom. The standard InChI is InChI=1S/C26H26O6S/c27-23-16-24(31-18-21-12-6-2-7-13-21)25(19-30-17-20-10-4-1-5-11-20)32-26(23)33(28,29)22-14-8-3-9-15-22/h1-15,24-26H,16-19H2/t24-,25+,26?/m0/s1. The minimum Gasteiger partial charge on any atom is -0.374 e. The number of Topliss-reactive ketones (excluding diaryl/α,β-unsaturated/α-hetero) is 1. The fourth-order valence-electron chi connectivity index (χ4n) is 3.69. The molecular weight excluding hydrogens is 440 g/mol. The monoisotopic (exact) mass is 466 g/mol. The summed E-state index contributed by atoms with van der Waals surface area (Å²) in [7, 11) is -3.99. The fraction of sp³-hybridized carbons (Fsp3) is 0.269. The number of carbonyl (C=O) groups excluding carboxylic acids is 1. The summed E-state index contributed by atoms with van der Waals surface area (Å²) in [5.41, 5.74) is 0.356. The fourth-order valence-corrected chi connectivity index (χ4v) is 5.20. The molecule has 0 amide bonds. The van der Waals surface area contributed by atoms with Crippen molar-refractivity contribution >= 4 is 15.6 Å². The van der Waals surface area contributed by atoms with Gasteiger partial charge in [0.25, 0.3) is 0 Å². The summed E-state index contributed by atoms with van der Waals surface area (Å²) < 4.78 is 43.9. The maximum absolute atomic E-state index is 13.1. The third kappa shape index (κ3) is 5.94. The molecule has 3 aromatic carbocycles. The number of hydrogen-bond donors (Lipinski definition) is 0. The molecule has 0 aromatic heterocycles. The number of rotatable bonds is 9. The van der Waals surface area contributed by atoms with Crippen molar-refractivity contribution in [3.63, 3.8) is 0 Å². The Labute approximate surface area is 194 Å². The van der Waals surface area contributed by atoms with Gasteiger partial charge in [-0.2, -0.15) is 0 Å². The lowest BCUT2D eigenvalue weighted by molar-refractivity contribution is -0.165. The van der Waals surface area contributed by atoms with Crippen molar-refractivity contribution in [1.82, 2.24) is 0 Å². The maximum Gasteiger partial charge on any atom is 0.221 e. The van der Waals surface area contributed by atoms with Gasteiger partial charge in [0.1, 0.15) is 6.10 Å². The van der Waals surface area contributed by atoms with Crippen LogP contribution in [0.1, 0.15) is 17.5 Å². The van der Waals surface area contributed by atoms with Crippen LogP contribution in [-0.4, -0.2) is 38.5 Å². The molecule has 1 saturated heterocycles. The third-order valence-electron chi connectivity index (χ3n) is 5.43. The van der Waals surface area contributed by atoms with Crippen LogP contribution < -0.4 is 0 Å². The zero-order valence-corrected chi connectivity index (χ0v) is 18.9. The molecule has 172 valence electrons. The van der Waals surface area contributed by atoms with Crippen LogP contribution in [0.25, 0.3) is 0 Å². The van der Waals surface area contributed by atoms with E-state index in [2.05, 4.69) is 0 Å². The molecule has 3 aromatic rings. The third-order valence-corrected chi connectivity index (χ3v) is 7.30. The van der Waals surface area contributed by atoms with Crippen LogP contribution in [0, 0.1) is 0 Å². The van der Waals surface area contributed by atoms with Gasteiger partial charge in [0.2, 0.25) is 15.3 Å². The summed E-state index contributed by atoms with van der Waals surface area (Å²) in [5, 5.41) is 0. The maximum atomic E-state index is 13.1. The number of benzene rings is 3. The second-order valence-electron chi connectivity index (χ2n) is 7.87. The molecule has 0 radical (unpaired) electrons. The van der Waals surface area contributed by atoms with Crippen molar-refractivity contribution in [2.75, 3.05) is 6.61 Å². The van der Waals surface area contributed by atoms with Crippen LogP contribution in [0.15, 0.2) is 95.9 Å². The van der Waals surface area contributed by atoms with Gasteiger partial charge >= 0.3 is 0 Å². The molecule has 1 heterocycles. The highest BCUT2D eigenvalue weighted by Crippen LogP contribution is 2.28. The van der Waals surface area contributed by atoms with Gasteiger partial charge in [-0.05, 0) is 23.3 Å². The van der Waals surface area contributed by atoms with Crippen LogP contribution in [0.4, 0.5) is 0 Å². The minimum atomic E-state index is -3.99. The Bertz CT molecular complexity index is 1130. The average Bonchev–Trinajstić information content (AvgIpc) is 2.85. The second-order valence-corrected chi connectivity index (χ2v) is 9.86. The number of ether oxygens (including phenoxy) is 3. The molecule has 0 bridgehead atoms. The molecule has 1 unspecified atom stereocenters. The van der Waals surface area contributed by atoms with E-state index >= 15 is 0 Å². The van der Waals surface area contributed by atoms with Gasteiger partial charge in [0, 0.05) is 6.42 Å². The molecule has 3 atom stereocenters. The lowest BCUT2D eigenvalue weighted by Crippen LogP contribution is -2.50. The van der Waals surface area contributed by atoms with Crippen molar-refractivity contribution < 1.29 is 27.4 Å². The molecule has 1 aliphatic heterocycles. The van der Waals surface area contributed by atoms with Crippen molar-refractivity contribution in [2.24, 2.45) is 0 Å². The zero-order chi connectivity index (χ0) is 23.1. The van der Waals surface area contributed by atoms with E-state index in [-0.39, 0.29) is 24.5 Å². The Kier molecular flexibility index (Phi) is 7.67.